The van der Waals surface area contributed by atoms with E-state index in [4.69, 9.17) is 4.42 Å². The summed E-state index contributed by atoms with van der Waals surface area (Å²) in [5, 5.41) is 23.3. The van der Waals surface area contributed by atoms with Gasteiger partial charge in [-0.2, -0.15) is 5.10 Å². The molecule has 0 aliphatic rings. The average Bonchev–Trinajstić information content (AvgIpc) is 2.96. The van der Waals surface area contributed by atoms with Crippen molar-refractivity contribution in [1.82, 2.24) is 5.43 Å². The molecule has 1 aromatic carbocycles. The van der Waals surface area contributed by atoms with Crippen LogP contribution >= 0.6 is 0 Å². The van der Waals surface area contributed by atoms with Gasteiger partial charge in [0.15, 0.2) is 0 Å². The number of allylic oxidation sites excluding steroid dienone is 1. The van der Waals surface area contributed by atoms with Crippen LogP contribution in [-0.4, -0.2) is 22.2 Å². The highest BCUT2D eigenvalue weighted by atomic mass is 16.6. The first kappa shape index (κ1) is 15.0. The second-order valence-corrected chi connectivity index (χ2v) is 4.06. The first-order valence-corrected chi connectivity index (χ1v) is 6.09. The molecule has 0 spiro atoms. The third kappa shape index (κ3) is 4.04. The molecule has 2 rings (SSSR count). The van der Waals surface area contributed by atoms with Gasteiger partial charge in [-0.25, -0.2) is 5.43 Å². The number of carbonyl (C=O) groups is 1. The Morgan fingerprint density at radius 2 is 2.18 bits per heavy atom. The monoisotopic (exact) mass is 301 g/mol. The van der Waals surface area contributed by atoms with Gasteiger partial charge in [0.1, 0.15) is 16.4 Å². The van der Waals surface area contributed by atoms with Crippen LogP contribution in [0.25, 0.3) is 6.08 Å². The summed E-state index contributed by atoms with van der Waals surface area (Å²) in [7, 11) is 0. The van der Waals surface area contributed by atoms with Gasteiger partial charge in [0.05, 0.1) is 6.07 Å². The zero-order valence-electron chi connectivity index (χ0n) is 11.2. The van der Waals surface area contributed by atoms with E-state index in [0.29, 0.717) is 0 Å². The Balaban J connectivity index is 1.88. The van der Waals surface area contributed by atoms with E-state index in [9.17, 15) is 20.0 Å². The first-order valence-electron chi connectivity index (χ1n) is 6.09. The van der Waals surface area contributed by atoms with Crippen molar-refractivity contribution in [1.29, 1.82) is 0 Å². The van der Waals surface area contributed by atoms with Crippen LogP contribution in [0.1, 0.15) is 16.1 Å². The summed E-state index contributed by atoms with van der Waals surface area (Å²) in [4.78, 5) is 21.4. The summed E-state index contributed by atoms with van der Waals surface area (Å²) < 4.78 is 4.89. The first-order chi connectivity index (χ1) is 10.6. The van der Waals surface area contributed by atoms with Gasteiger partial charge in [0, 0.05) is 11.8 Å². The van der Waals surface area contributed by atoms with Gasteiger partial charge in [-0.15, -0.1) is 0 Å². The number of hydrazone groups is 1. The van der Waals surface area contributed by atoms with E-state index in [2.05, 4.69) is 10.5 Å². The van der Waals surface area contributed by atoms with Gasteiger partial charge in [-0.05, 0) is 36.4 Å². The molecule has 1 amide bonds. The van der Waals surface area contributed by atoms with Crippen molar-refractivity contribution in [3.05, 3.63) is 63.9 Å². The number of hydrogen-bond acceptors (Lipinski definition) is 6. The summed E-state index contributed by atoms with van der Waals surface area (Å²) in [5.74, 6) is -0.559. The minimum atomic E-state index is -0.638. The number of nitro groups is 1. The number of phenolic OH excluding ortho intramolecular Hbond substituents is 1. The molecular weight excluding hydrogens is 290 g/mol. The molecule has 0 fully saturated rings. The minimum absolute atomic E-state index is 0.0176. The zero-order chi connectivity index (χ0) is 15.9. The fourth-order valence-corrected chi connectivity index (χ4v) is 1.52. The average molecular weight is 301 g/mol. The number of amides is 1. The fraction of sp³-hybridized carbons (Fsp3) is 0. The molecule has 0 saturated carbocycles. The van der Waals surface area contributed by atoms with Crippen LogP contribution in [0.15, 0.2) is 52.0 Å². The Morgan fingerprint density at radius 3 is 2.86 bits per heavy atom. The molecule has 112 valence electrons. The number of nitrogens with zero attached hydrogens (tertiary/aromatic N) is 2. The predicted octanol–water partition coefficient (Wildman–Crippen LogP) is 2.32. The molecule has 0 atom stereocenters. The molecule has 1 heterocycles. The molecule has 0 unspecified atom stereocenters. The molecule has 8 nitrogen and oxygen atoms in total. The predicted molar refractivity (Wildman–Crippen MR) is 78.5 cm³/mol. The van der Waals surface area contributed by atoms with Crippen molar-refractivity contribution in [3.8, 4) is 5.75 Å². The lowest BCUT2D eigenvalue weighted by Crippen LogP contribution is -2.17. The van der Waals surface area contributed by atoms with Crippen molar-refractivity contribution in [2.45, 2.75) is 0 Å². The van der Waals surface area contributed by atoms with Crippen molar-refractivity contribution in [3.63, 3.8) is 0 Å². The van der Waals surface area contributed by atoms with Crippen molar-refractivity contribution >= 4 is 24.1 Å². The molecular formula is C14H11N3O5. The Kier molecular flexibility index (Phi) is 4.66. The van der Waals surface area contributed by atoms with Gasteiger partial charge in [0.2, 0.25) is 0 Å². The Morgan fingerprint density at radius 1 is 1.36 bits per heavy atom. The Labute approximate surface area is 124 Å². The van der Waals surface area contributed by atoms with Crippen LogP contribution in [0.3, 0.4) is 0 Å². The maximum atomic E-state index is 11.7. The highest BCUT2D eigenvalue weighted by Gasteiger charge is 2.09. The number of hydrogen-bond donors (Lipinski definition) is 2. The van der Waals surface area contributed by atoms with Crippen LogP contribution < -0.4 is 5.43 Å². The SMILES string of the molecule is O=C(N/N=C\C=C\c1ccc([N+](=O)[O-])o1)c1cccc(O)c1. The molecule has 8 heteroatoms. The van der Waals surface area contributed by atoms with Crippen LogP contribution in [0.5, 0.6) is 5.75 Å². The van der Waals surface area contributed by atoms with Crippen molar-refractivity contribution in [2.75, 3.05) is 0 Å². The number of furan rings is 1. The molecule has 22 heavy (non-hydrogen) atoms. The Bertz CT molecular complexity index is 748. The molecule has 0 aliphatic carbocycles. The number of phenols is 1. The van der Waals surface area contributed by atoms with Crippen molar-refractivity contribution in [2.24, 2.45) is 5.10 Å². The highest BCUT2D eigenvalue weighted by molar-refractivity contribution is 5.95. The normalized spacial score (nSPS) is 11.1. The number of carbonyl (C=O) groups excluding carboxylic acids is 1. The smallest absolute Gasteiger partial charge is 0.433 e. The lowest BCUT2D eigenvalue weighted by atomic mass is 10.2. The second-order valence-electron chi connectivity index (χ2n) is 4.06. The second kappa shape index (κ2) is 6.84. The molecule has 0 radical (unpaired) electrons. The Hall–Kier alpha value is -3.42. The van der Waals surface area contributed by atoms with Gasteiger partial charge in [-0.3, -0.25) is 14.9 Å². The van der Waals surface area contributed by atoms with E-state index in [1.807, 2.05) is 0 Å². The van der Waals surface area contributed by atoms with Gasteiger partial charge < -0.3 is 9.52 Å². The number of nitrogens with one attached hydrogen (secondary N) is 1. The van der Waals surface area contributed by atoms with E-state index in [-0.39, 0.29) is 23.0 Å². The van der Waals surface area contributed by atoms with Crippen LogP contribution in [0.4, 0.5) is 5.88 Å². The maximum Gasteiger partial charge on any atom is 0.433 e. The van der Waals surface area contributed by atoms with Gasteiger partial charge >= 0.3 is 5.88 Å². The largest absolute Gasteiger partial charge is 0.508 e. The number of aromatic hydroxyl groups is 1. The van der Waals surface area contributed by atoms with Crippen LogP contribution in [-0.2, 0) is 0 Å². The quantitative estimate of drug-likeness (QED) is 0.499. The maximum absolute atomic E-state index is 11.7. The lowest BCUT2D eigenvalue weighted by Gasteiger charge is -1.99. The lowest BCUT2D eigenvalue weighted by molar-refractivity contribution is -0.402. The van der Waals surface area contributed by atoms with E-state index < -0.39 is 10.8 Å². The number of benzene rings is 1. The summed E-state index contributed by atoms with van der Waals surface area (Å²) in [6.07, 6.45) is 4.19. The summed E-state index contributed by atoms with van der Waals surface area (Å²) >= 11 is 0. The number of rotatable bonds is 5. The van der Waals surface area contributed by atoms with Crippen molar-refractivity contribution < 1.29 is 19.2 Å². The zero-order valence-corrected chi connectivity index (χ0v) is 11.2. The van der Waals surface area contributed by atoms with Crippen LogP contribution in [0.2, 0.25) is 0 Å². The van der Waals surface area contributed by atoms with E-state index in [0.717, 1.165) is 0 Å². The molecule has 0 bridgehead atoms. The summed E-state index contributed by atoms with van der Waals surface area (Å²) in [6, 6.07) is 8.50. The fourth-order valence-electron chi connectivity index (χ4n) is 1.52. The van der Waals surface area contributed by atoms with E-state index in [1.165, 1.54) is 54.8 Å². The van der Waals surface area contributed by atoms with E-state index in [1.54, 1.807) is 0 Å². The van der Waals surface area contributed by atoms with E-state index >= 15 is 0 Å². The molecule has 1 aromatic heterocycles. The summed E-state index contributed by atoms with van der Waals surface area (Å²) in [5.41, 5.74) is 2.53. The highest BCUT2D eigenvalue weighted by Crippen LogP contribution is 2.16. The van der Waals surface area contributed by atoms with Crippen LogP contribution in [0, 0.1) is 10.1 Å². The minimum Gasteiger partial charge on any atom is -0.508 e. The third-order valence-corrected chi connectivity index (χ3v) is 2.49. The third-order valence-electron chi connectivity index (χ3n) is 2.49. The molecule has 0 saturated heterocycles. The van der Waals surface area contributed by atoms with Gasteiger partial charge in [-0.1, -0.05) is 6.07 Å². The topological polar surface area (TPSA) is 118 Å². The molecule has 2 aromatic rings. The van der Waals surface area contributed by atoms with Gasteiger partial charge in [0.25, 0.3) is 5.91 Å². The summed E-state index contributed by atoms with van der Waals surface area (Å²) in [6.45, 7) is 0. The molecule has 2 N–H and O–H groups in total. The standard InChI is InChI=1S/C14H11N3O5/c18-11-4-1-3-10(9-11)14(19)16-15-8-2-5-12-6-7-13(22-12)17(20)21/h1-9,18H,(H,16,19)/b5-2+,15-8-. The molecule has 0 aliphatic heterocycles.